The summed E-state index contributed by atoms with van der Waals surface area (Å²) in [6.45, 7) is 25.4. The molecule has 0 bridgehead atoms. The van der Waals surface area contributed by atoms with Crippen molar-refractivity contribution in [2.75, 3.05) is 0 Å². The van der Waals surface area contributed by atoms with Gasteiger partial charge in [0, 0.05) is 24.3 Å². The minimum Gasteiger partial charge on any atom is -0.288 e. The lowest BCUT2D eigenvalue weighted by molar-refractivity contribution is -0.110. The van der Waals surface area contributed by atoms with Gasteiger partial charge in [0.2, 0.25) is 0 Å². The predicted molar refractivity (Wildman–Crippen MR) is 216 cm³/mol. The van der Waals surface area contributed by atoms with E-state index in [4.69, 9.17) is 0 Å². The molecule has 0 aromatic heterocycles. The fourth-order valence-corrected chi connectivity index (χ4v) is 8.16. The molecule has 2 aliphatic rings. The molecule has 2 rings (SSSR count). The Balaban J connectivity index is 1.97. The van der Waals surface area contributed by atoms with Crippen LogP contribution in [0.5, 0.6) is 0 Å². The summed E-state index contributed by atoms with van der Waals surface area (Å²) < 4.78 is 0. The maximum atomic E-state index is 11.7. The van der Waals surface area contributed by atoms with Crippen LogP contribution < -0.4 is 0 Å². The summed E-state index contributed by atoms with van der Waals surface area (Å²) in [5.41, 5.74) is 10.4. The van der Waals surface area contributed by atoms with Crippen molar-refractivity contribution in [3.63, 3.8) is 0 Å². The highest BCUT2D eigenvalue weighted by atomic mass is 32.2. The standard InChI is InChI=1S/C44H60O2S2/c1-31(19-15-21-33(3)23-25-39-35(5)41(47-37(7)45)27-29-43(39,9)10)17-13-14-18-32(2)20-16-22-34(4)24-26-40-36(6)42(48-38(8)46)28-30-44(40,11)12/h13-26,41-42H,27-30H2,1-12H3/b14-13+,19-15+,20-16+,25-23+,26-24+,31-17+,32-18+,33-21+,34-22+. The lowest BCUT2D eigenvalue weighted by atomic mass is 9.72. The molecule has 2 nitrogen and oxygen atoms in total. The molecule has 0 aliphatic heterocycles. The summed E-state index contributed by atoms with van der Waals surface area (Å²) in [7, 11) is 0. The second-order valence-corrected chi connectivity index (χ2v) is 17.4. The van der Waals surface area contributed by atoms with Crippen LogP contribution in [0.1, 0.15) is 109 Å². The monoisotopic (exact) mass is 684 g/mol. The predicted octanol–water partition coefficient (Wildman–Crippen LogP) is 13.1. The van der Waals surface area contributed by atoms with Crippen LogP contribution in [-0.2, 0) is 9.59 Å². The van der Waals surface area contributed by atoms with Crippen LogP contribution in [-0.4, -0.2) is 20.7 Å². The zero-order chi connectivity index (χ0) is 36.1. The molecule has 2 atom stereocenters. The van der Waals surface area contributed by atoms with Gasteiger partial charge in [-0.3, -0.25) is 9.59 Å². The number of carbonyl (C=O) groups is 2. The fourth-order valence-electron chi connectivity index (χ4n) is 6.28. The molecule has 0 radical (unpaired) electrons. The minimum absolute atomic E-state index is 0.123. The summed E-state index contributed by atoms with van der Waals surface area (Å²) in [6, 6.07) is 0. The first-order valence-corrected chi connectivity index (χ1v) is 19.0. The first-order valence-electron chi connectivity index (χ1n) is 17.3. The Bertz CT molecular complexity index is 1410. The van der Waals surface area contributed by atoms with Crippen molar-refractivity contribution < 1.29 is 9.59 Å². The van der Waals surface area contributed by atoms with Gasteiger partial charge in [-0.05, 0) is 89.2 Å². The molecule has 2 aliphatic carbocycles. The summed E-state index contributed by atoms with van der Waals surface area (Å²) >= 11 is 2.94. The Morgan fingerprint density at radius 2 is 0.854 bits per heavy atom. The number of hydrogen-bond donors (Lipinski definition) is 0. The van der Waals surface area contributed by atoms with Crippen LogP contribution in [0.2, 0.25) is 0 Å². The number of carbonyl (C=O) groups excluding carboxylic acids is 2. The van der Waals surface area contributed by atoms with E-state index in [9.17, 15) is 9.59 Å². The van der Waals surface area contributed by atoms with Gasteiger partial charge in [-0.15, -0.1) is 0 Å². The normalized spacial score (nSPS) is 23.2. The molecule has 48 heavy (non-hydrogen) atoms. The lowest BCUT2D eigenvalue weighted by Crippen LogP contribution is -2.26. The second-order valence-electron chi connectivity index (χ2n) is 14.6. The highest BCUT2D eigenvalue weighted by Gasteiger charge is 2.33. The molecule has 0 aromatic carbocycles. The Morgan fingerprint density at radius 3 is 1.19 bits per heavy atom. The van der Waals surface area contributed by atoms with E-state index in [2.05, 4.69) is 154 Å². The van der Waals surface area contributed by atoms with Gasteiger partial charge < -0.3 is 0 Å². The number of hydrogen-bond acceptors (Lipinski definition) is 4. The number of thioether (sulfide) groups is 2. The Hall–Kier alpha value is -2.82. The van der Waals surface area contributed by atoms with Crippen LogP contribution in [0.25, 0.3) is 0 Å². The molecular formula is C44H60O2S2. The van der Waals surface area contributed by atoms with Crippen LogP contribution in [0.15, 0.2) is 130 Å². The Labute approximate surface area is 301 Å². The molecule has 0 saturated heterocycles. The fraction of sp³-hybridized carbons (Fsp3) is 0.455. The molecule has 0 heterocycles. The van der Waals surface area contributed by atoms with Gasteiger partial charge in [0.05, 0.1) is 0 Å². The molecule has 0 spiro atoms. The third kappa shape index (κ3) is 14.0. The van der Waals surface area contributed by atoms with Crippen molar-refractivity contribution in [2.24, 2.45) is 10.8 Å². The largest absolute Gasteiger partial charge is 0.288 e. The van der Waals surface area contributed by atoms with Gasteiger partial charge in [-0.1, -0.05) is 170 Å². The van der Waals surface area contributed by atoms with Gasteiger partial charge in [-0.25, -0.2) is 0 Å². The first kappa shape index (κ1) is 41.4. The van der Waals surface area contributed by atoms with Crippen molar-refractivity contribution in [1.29, 1.82) is 0 Å². The van der Waals surface area contributed by atoms with Gasteiger partial charge in [0.25, 0.3) is 0 Å². The van der Waals surface area contributed by atoms with E-state index in [-0.39, 0.29) is 21.1 Å². The molecule has 0 saturated carbocycles. The summed E-state index contributed by atoms with van der Waals surface area (Å²) in [5, 5.41) is 0.973. The molecule has 0 amide bonds. The highest BCUT2D eigenvalue weighted by molar-refractivity contribution is 8.14. The number of rotatable bonds is 12. The van der Waals surface area contributed by atoms with Crippen molar-refractivity contribution in [1.82, 2.24) is 0 Å². The van der Waals surface area contributed by atoms with E-state index in [0.717, 1.165) is 25.7 Å². The highest BCUT2D eigenvalue weighted by Crippen LogP contribution is 2.46. The van der Waals surface area contributed by atoms with Gasteiger partial charge in [0.15, 0.2) is 10.2 Å². The van der Waals surface area contributed by atoms with Crippen LogP contribution in [0.4, 0.5) is 0 Å². The van der Waals surface area contributed by atoms with E-state index in [0.29, 0.717) is 10.5 Å². The zero-order valence-electron chi connectivity index (χ0n) is 31.7. The van der Waals surface area contributed by atoms with Crippen molar-refractivity contribution >= 4 is 33.8 Å². The average Bonchev–Trinajstić information content (AvgIpc) is 2.97. The third-order valence-electron chi connectivity index (χ3n) is 9.24. The Morgan fingerprint density at radius 1 is 0.542 bits per heavy atom. The maximum Gasteiger partial charge on any atom is 0.186 e. The molecule has 260 valence electrons. The zero-order valence-corrected chi connectivity index (χ0v) is 33.3. The summed E-state index contributed by atoms with van der Waals surface area (Å²) in [4.78, 5) is 23.4. The van der Waals surface area contributed by atoms with Gasteiger partial charge in [-0.2, -0.15) is 0 Å². The van der Waals surface area contributed by atoms with Gasteiger partial charge in [0.1, 0.15) is 0 Å². The second kappa shape index (κ2) is 19.4. The van der Waals surface area contributed by atoms with E-state index < -0.39 is 0 Å². The van der Waals surface area contributed by atoms with E-state index in [1.807, 2.05) is 0 Å². The average molecular weight is 685 g/mol. The summed E-state index contributed by atoms with van der Waals surface area (Å²) in [5.74, 6) is 0. The third-order valence-corrected chi connectivity index (χ3v) is 11.7. The van der Waals surface area contributed by atoms with Crippen molar-refractivity contribution in [2.45, 2.75) is 119 Å². The van der Waals surface area contributed by atoms with Crippen LogP contribution in [0, 0.1) is 10.8 Å². The van der Waals surface area contributed by atoms with Gasteiger partial charge >= 0.3 is 0 Å². The quantitative estimate of drug-likeness (QED) is 0.192. The molecular weight excluding hydrogens is 625 g/mol. The van der Waals surface area contributed by atoms with Crippen molar-refractivity contribution in [3.8, 4) is 0 Å². The minimum atomic E-state index is 0.123. The molecule has 0 N–H and O–H groups in total. The molecule has 4 heteroatoms. The maximum absolute atomic E-state index is 11.7. The first-order chi connectivity index (χ1) is 22.4. The van der Waals surface area contributed by atoms with Crippen molar-refractivity contribution in [3.05, 3.63) is 130 Å². The SMILES string of the molecule is CC(=O)SC1CCC(C)(C)C(/C=C/C(C)=C/C=C/C(C)=C/C=C/C=C(C)/C=C/C=C(C)/C=C/C2=C(C)C(SC(C)=O)CCC2(C)C)=C1C. The smallest absolute Gasteiger partial charge is 0.186 e. The van der Waals surface area contributed by atoms with E-state index in [1.54, 1.807) is 13.8 Å². The van der Waals surface area contributed by atoms with E-state index in [1.165, 1.54) is 68.1 Å². The lowest BCUT2D eigenvalue weighted by Gasteiger charge is -2.36. The Kier molecular flexibility index (Phi) is 16.7. The number of allylic oxidation sites excluding steroid dienone is 20. The van der Waals surface area contributed by atoms with Crippen LogP contribution in [0.3, 0.4) is 0 Å². The summed E-state index contributed by atoms with van der Waals surface area (Å²) in [6.07, 6.45) is 34.3. The van der Waals surface area contributed by atoms with Crippen LogP contribution >= 0.6 is 23.5 Å². The molecule has 2 unspecified atom stereocenters. The van der Waals surface area contributed by atoms with E-state index >= 15 is 0 Å². The molecule has 0 aromatic rings. The molecule has 0 fully saturated rings. The topological polar surface area (TPSA) is 34.1 Å².